The average molecular weight is 461 g/mol. The van der Waals surface area contributed by atoms with Gasteiger partial charge in [-0.25, -0.2) is 4.98 Å². The van der Waals surface area contributed by atoms with Gasteiger partial charge in [-0.2, -0.15) is 18.2 Å². The molecule has 1 aromatic carbocycles. The highest BCUT2D eigenvalue weighted by atomic mass is 19.4. The molecule has 1 fully saturated rings. The smallest absolute Gasteiger partial charge is 0.366 e. The molecule has 2 aromatic heterocycles. The molecule has 0 aliphatic carbocycles. The molecule has 1 N–H and O–H groups in total. The van der Waals surface area contributed by atoms with Gasteiger partial charge in [-0.05, 0) is 50.5 Å². The lowest BCUT2D eigenvalue weighted by atomic mass is 9.98. The molecule has 0 amide bonds. The fourth-order valence-corrected chi connectivity index (χ4v) is 3.96. The first-order valence-corrected chi connectivity index (χ1v) is 10.8. The van der Waals surface area contributed by atoms with Crippen molar-refractivity contribution in [3.63, 3.8) is 0 Å². The first-order chi connectivity index (χ1) is 15.8. The topological polar surface area (TPSA) is 76.3 Å². The molecule has 4 rings (SSSR count). The number of hydrogen-bond acceptors (Lipinski definition) is 7. The number of nitrogens with one attached hydrogen (secondary N) is 1. The molecule has 0 spiro atoms. The molecule has 0 saturated carbocycles. The van der Waals surface area contributed by atoms with Crippen molar-refractivity contribution in [1.29, 1.82) is 0 Å². The second-order valence-corrected chi connectivity index (χ2v) is 8.16. The van der Waals surface area contributed by atoms with E-state index < -0.39 is 11.7 Å². The van der Waals surface area contributed by atoms with Crippen LogP contribution in [0.5, 0.6) is 0 Å². The normalized spacial score (nSPS) is 19.5. The number of halogens is 3. The molecular formula is C23H26F3N5O2. The number of aryl methyl sites for hydroxylation is 1. The second-order valence-electron chi connectivity index (χ2n) is 8.16. The molecule has 0 bridgehead atoms. The van der Waals surface area contributed by atoms with Crippen LogP contribution in [0.4, 0.5) is 19.0 Å². The standard InChI is InChI=1S/C23H26F3N5O2/c1-15-20(29-21-10-9-18(12-27-21)23(24,25)26)8-5-11-31(15)14-32-13-17-6-3-4-7-19(17)22-28-16(2)30-33-22/h3-4,6-7,9-10,12,15,20H,5,8,11,13-14H2,1-2H3,(H,27,29). The summed E-state index contributed by atoms with van der Waals surface area (Å²) >= 11 is 0. The highest BCUT2D eigenvalue weighted by molar-refractivity contribution is 5.58. The maximum atomic E-state index is 12.8. The largest absolute Gasteiger partial charge is 0.417 e. The third-order valence-electron chi connectivity index (χ3n) is 5.83. The maximum absolute atomic E-state index is 12.8. The number of benzene rings is 1. The van der Waals surface area contributed by atoms with E-state index in [1.165, 1.54) is 6.07 Å². The molecule has 10 heteroatoms. The van der Waals surface area contributed by atoms with Crippen LogP contribution in [0, 0.1) is 6.92 Å². The lowest BCUT2D eigenvalue weighted by Gasteiger charge is -2.39. The number of hydrogen-bond donors (Lipinski definition) is 1. The summed E-state index contributed by atoms with van der Waals surface area (Å²) in [6.45, 7) is 5.55. The number of anilines is 1. The van der Waals surface area contributed by atoms with Crippen LogP contribution < -0.4 is 5.32 Å². The third-order valence-corrected chi connectivity index (χ3v) is 5.83. The predicted octanol–water partition coefficient (Wildman–Crippen LogP) is 4.90. The van der Waals surface area contributed by atoms with Crippen LogP contribution in [0.3, 0.4) is 0 Å². The molecule has 33 heavy (non-hydrogen) atoms. The molecule has 1 saturated heterocycles. The van der Waals surface area contributed by atoms with Gasteiger partial charge >= 0.3 is 6.18 Å². The Balaban J connectivity index is 1.33. The number of piperidine rings is 1. The molecule has 7 nitrogen and oxygen atoms in total. The molecule has 3 heterocycles. The van der Waals surface area contributed by atoms with Gasteiger partial charge in [0, 0.05) is 30.4 Å². The molecule has 3 aromatic rings. The van der Waals surface area contributed by atoms with Crippen molar-refractivity contribution >= 4 is 5.82 Å². The Labute approximate surface area is 190 Å². The van der Waals surface area contributed by atoms with Crippen molar-refractivity contribution in [3.8, 4) is 11.5 Å². The number of aromatic nitrogens is 3. The Morgan fingerprint density at radius 3 is 2.73 bits per heavy atom. The lowest BCUT2D eigenvalue weighted by Crippen LogP contribution is -2.50. The van der Waals surface area contributed by atoms with Crippen molar-refractivity contribution < 1.29 is 22.4 Å². The summed E-state index contributed by atoms with van der Waals surface area (Å²) in [5.74, 6) is 1.47. The van der Waals surface area contributed by atoms with E-state index in [0.717, 1.165) is 42.8 Å². The fourth-order valence-electron chi connectivity index (χ4n) is 3.96. The summed E-state index contributed by atoms with van der Waals surface area (Å²) < 4.78 is 49.6. The number of rotatable bonds is 7. The summed E-state index contributed by atoms with van der Waals surface area (Å²) in [5, 5.41) is 7.13. The highest BCUT2D eigenvalue weighted by Gasteiger charge is 2.31. The zero-order chi connectivity index (χ0) is 23.4. The van der Waals surface area contributed by atoms with Crippen molar-refractivity contribution in [2.45, 2.75) is 51.6 Å². The van der Waals surface area contributed by atoms with Gasteiger partial charge in [0.25, 0.3) is 5.89 Å². The molecule has 1 aliphatic heterocycles. The Bertz CT molecular complexity index is 1050. The van der Waals surface area contributed by atoms with Crippen molar-refractivity contribution in [2.75, 3.05) is 18.6 Å². The molecule has 1 aliphatic rings. The molecule has 2 atom stereocenters. The van der Waals surface area contributed by atoms with Crippen LogP contribution in [-0.4, -0.2) is 45.4 Å². The summed E-state index contributed by atoms with van der Waals surface area (Å²) in [4.78, 5) is 10.5. The van der Waals surface area contributed by atoms with Crippen LogP contribution >= 0.6 is 0 Å². The minimum Gasteiger partial charge on any atom is -0.366 e. The quantitative estimate of drug-likeness (QED) is 0.536. The minimum atomic E-state index is -4.39. The first kappa shape index (κ1) is 23.2. The maximum Gasteiger partial charge on any atom is 0.417 e. The highest BCUT2D eigenvalue weighted by Crippen LogP contribution is 2.29. The fraction of sp³-hybridized carbons (Fsp3) is 0.435. The van der Waals surface area contributed by atoms with E-state index in [2.05, 4.69) is 32.3 Å². The summed E-state index contributed by atoms with van der Waals surface area (Å²) in [6, 6.07) is 10.3. The second kappa shape index (κ2) is 9.88. The third kappa shape index (κ3) is 5.69. The lowest BCUT2D eigenvalue weighted by molar-refractivity contribution is -0.137. The van der Waals surface area contributed by atoms with Crippen LogP contribution in [0.2, 0.25) is 0 Å². The van der Waals surface area contributed by atoms with Gasteiger partial charge in [-0.3, -0.25) is 4.90 Å². The van der Waals surface area contributed by atoms with E-state index in [-0.39, 0.29) is 12.1 Å². The first-order valence-electron chi connectivity index (χ1n) is 10.8. The molecule has 176 valence electrons. The van der Waals surface area contributed by atoms with Crippen molar-refractivity contribution in [3.05, 3.63) is 59.5 Å². The van der Waals surface area contributed by atoms with E-state index >= 15 is 0 Å². The summed E-state index contributed by atoms with van der Waals surface area (Å²) in [7, 11) is 0. The van der Waals surface area contributed by atoms with Crippen LogP contribution in [0.25, 0.3) is 11.5 Å². The van der Waals surface area contributed by atoms with Crippen LogP contribution in [-0.2, 0) is 17.5 Å². The van der Waals surface area contributed by atoms with E-state index in [9.17, 15) is 13.2 Å². The zero-order valence-corrected chi connectivity index (χ0v) is 18.5. The van der Waals surface area contributed by atoms with Gasteiger partial charge in [-0.15, -0.1) is 0 Å². The van der Waals surface area contributed by atoms with Crippen molar-refractivity contribution in [2.24, 2.45) is 0 Å². The number of pyridine rings is 1. The Morgan fingerprint density at radius 2 is 2.03 bits per heavy atom. The number of nitrogens with zero attached hydrogens (tertiary/aromatic N) is 4. The van der Waals surface area contributed by atoms with Crippen LogP contribution in [0.15, 0.2) is 47.1 Å². The van der Waals surface area contributed by atoms with E-state index in [0.29, 0.717) is 30.9 Å². The van der Waals surface area contributed by atoms with Crippen molar-refractivity contribution in [1.82, 2.24) is 20.0 Å². The SMILES string of the molecule is Cc1noc(-c2ccccc2COCN2CCCC(Nc3ccc(C(F)(F)F)cn3)C2C)n1. The molecule has 2 unspecified atom stereocenters. The van der Waals surface area contributed by atoms with Gasteiger partial charge in [0.2, 0.25) is 0 Å². The Hall–Kier alpha value is -2.98. The Kier molecular flexibility index (Phi) is 6.94. The number of likely N-dealkylation sites (tertiary alicyclic amines) is 1. The minimum absolute atomic E-state index is 0.0558. The van der Waals surface area contributed by atoms with E-state index in [4.69, 9.17) is 9.26 Å². The summed E-state index contributed by atoms with van der Waals surface area (Å²) in [5.41, 5.74) is 1.04. The van der Waals surface area contributed by atoms with Crippen LogP contribution in [0.1, 0.15) is 36.7 Å². The van der Waals surface area contributed by atoms with Gasteiger partial charge in [-0.1, -0.05) is 23.4 Å². The van der Waals surface area contributed by atoms with E-state index in [1.54, 1.807) is 6.92 Å². The van der Waals surface area contributed by atoms with Gasteiger partial charge in [0.1, 0.15) is 5.82 Å². The Morgan fingerprint density at radius 1 is 1.21 bits per heavy atom. The van der Waals surface area contributed by atoms with Gasteiger partial charge in [0.05, 0.1) is 18.9 Å². The number of ether oxygens (including phenoxy) is 1. The zero-order valence-electron chi connectivity index (χ0n) is 18.5. The molecule has 0 radical (unpaired) electrons. The average Bonchev–Trinajstić information content (AvgIpc) is 3.22. The molecular weight excluding hydrogens is 435 g/mol. The number of alkyl halides is 3. The summed E-state index contributed by atoms with van der Waals surface area (Å²) in [6.07, 6.45) is -1.68. The van der Waals surface area contributed by atoms with Gasteiger partial charge in [0.15, 0.2) is 5.82 Å². The monoisotopic (exact) mass is 461 g/mol. The van der Waals surface area contributed by atoms with E-state index in [1.807, 2.05) is 24.3 Å². The predicted molar refractivity (Wildman–Crippen MR) is 116 cm³/mol. The van der Waals surface area contributed by atoms with Gasteiger partial charge < -0.3 is 14.6 Å².